The van der Waals surface area contributed by atoms with Crippen molar-refractivity contribution in [3.8, 4) is 5.75 Å². The van der Waals surface area contributed by atoms with Crippen LogP contribution in [0.3, 0.4) is 0 Å². The Morgan fingerprint density at radius 2 is 2.18 bits per heavy atom. The van der Waals surface area contributed by atoms with E-state index in [1.54, 1.807) is 20.3 Å². The van der Waals surface area contributed by atoms with Crippen LogP contribution in [0.5, 0.6) is 5.75 Å². The number of nitrogens with two attached hydrogens (primary N) is 1. The van der Waals surface area contributed by atoms with Crippen LogP contribution < -0.4 is 15.8 Å². The SMILES string of the molecule is COCC(O)CCNc1ccc(OC)cc1N. The van der Waals surface area contributed by atoms with E-state index in [-0.39, 0.29) is 0 Å². The minimum Gasteiger partial charge on any atom is -0.497 e. The molecule has 1 aromatic carbocycles. The second kappa shape index (κ2) is 6.98. The zero-order chi connectivity index (χ0) is 12.7. The van der Waals surface area contributed by atoms with Crippen LogP contribution >= 0.6 is 0 Å². The molecule has 0 radical (unpaired) electrons. The van der Waals surface area contributed by atoms with Gasteiger partial charge in [-0.25, -0.2) is 0 Å². The molecule has 0 aliphatic rings. The van der Waals surface area contributed by atoms with Gasteiger partial charge in [-0.05, 0) is 18.6 Å². The van der Waals surface area contributed by atoms with Gasteiger partial charge < -0.3 is 25.6 Å². The van der Waals surface area contributed by atoms with E-state index in [4.69, 9.17) is 15.2 Å². The molecule has 1 unspecified atom stereocenters. The van der Waals surface area contributed by atoms with E-state index < -0.39 is 6.10 Å². The summed E-state index contributed by atoms with van der Waals surface area (Å²) in [6.07, 6.45) is 0.159. The molecule has 96 valence electrons. The lowest BCUT2D eigenvalue weighted by Crippen LogP contribution is -2.18. The number of nitrogens with one attached hydrogen (secondary N) is 1. The number of anilines is 2. The second-order valence-corrected chi connectivity index (χ2v) is 3.78. The van der Waals surface area contributed by atoms with Gasteiger partial charge in [0, 0.05) is 19.7 Å². The fourth-order valence-corrected chi connectivity index (χ4v) is 1.48. The van der Waals surface area contributed by atoms with Crippen LogP contribution in [0, 0.1) is 0 Å². The monoisotopic (exact) mass is 240 g/mol. The summed E-state index contributed by atoms with van der Waals surface area (Å²) in [6.45, 7) is 0.987. The number of ether oxygens (including phenoxy) is 2. The van der Waals surface area contributed by atoms with Gasteiger partial charge in [-0.3, -0.25) is 0 Å². The first-order valence-corrected chi connectivity index (χ1v) is 5.51. The third-order valence-corrected chi connectivity index (χ3v) is 2.41. The summed E-state index contributed by atoms with van der Waals surface area (Å²) in [4.78, 5) is 0. The van der Waals surface area contributed by atoms with Crippen LogP contribution in [-0.4, -0.2) is 38.6 Å². The van der Waals surface area contributed by atoms with Crippen LogP contribution in [-0.2, 0) is 4.74 Å². The molecule has 0 heterocycles. The molecule has 4 N–H and O–H groups in total. The highest BCUT2D eigenvalue weighted by Gasteiger charge is 2.04. The highest BCUT2D eigenvalue weighted by molar-refractivity contribution is 5.68. The number of benzene rings is 1. The first-order chi connectivity index (χ1) is 8.17. The normalized spacial score (nSPS) is 12.2. The Balaban J connectivity index is 2.41. The number of methoxy groups -OCH3 is 2. The zero-order valence-corrected chi connectivity index (χ0v) is 10.3. The van der Waals surface area contributed by atoms with E-state index >= 15 is 0 Å². The lowest BCUT2D eigenvalue weighted by atomic mass is 10.2. The Morgan fingerprint density at radius 3 is 2.76 bits per heavy atom. The molecule has 1 rings (SSSR count). The third kappa shape index (κ3) is 4.50. The van der Waals surface area contributed by atoms with Crippen LogP contribution in [0.15, 0.2) is 18.2 Å². The van der Waals surface area contributed by atoms with Crippen molar-refractivity contribution in [3.05, 3.63) is 18.2 Å². The maximum absolute atomic E-state index is 9.46. The quantitative estimate of drug-likeness (QED) is 0.622. The number of rotatable bonds is 7. The van der Waals surface area contributed by atoms with E-state index in [2.05, 4.69) is 5.32 Å². The summed E-state index contributed by atoms with van der Waals surface area (Å²) in [5.74, 6) is 0.729. The topological polar surface area (TPSA) is 76.7 Å². The number of aliphatic hydroxyl groups excluding tert-OH is 1. The predicted octanol–water partition coefficient (Wildman–Crippen LogP) is 1.09. The zero-order valence-electron chi connectivity index (χ0n) is 10.3. The highest BCUT2D eigenvalue weighted by atomic mass is 16.5. The van der Waals surface area contributed by atoms with Gasteiger partial charge >= 0.3 is 0 Å². The number of hydrogen-bond donors (Lipinski definition) is 3. The molecular weight excluding hydrogens is 220 g/mol. The first-order valence-electron chi connectivity index (χ1n) is 5.51. The maximum Gasteiger partial charge on any atom is 0.121 e. The highest BCUT2D eigenvalue weighted by Crippen LogP contribution is 2.23. The van der Waals surface area contributed by atoms with Crippen LogP contribution in [0.25, 0.3) is 0 Å². The molecule has 0 fully saturated rings. The summed E-state index contributed by atoms with van der Waals surface area (Å²) in [7, 11) is 3.17. The maximum atomic E-state index is 9.46. The van der Waals surface area contributed by atoms with Crippen LogP contribution in [0.4, 0.5) is 11.4 Å². The lowest BCUT2D eigenvalue weighted by Gasteiger charge is -2.13. The van der Waals surface area contributed by atoms with Crippen molar-refractivity contribution in [1.29, 1.82) is 0 Å². The Morgan fingerprint density at radius 1 is 1.41 bits per heavy atom. The first kappa shape index (κ1) is 13.6. The molecule has 5 nitrogen and oxygen atoms in total. The summed E-state index contributed by atoms with van der Waals surface area (Å²) >= 11 is 0. The van der Waals surface area contributed by atoms with E-state index in [0.29, 0.717) is 25.3 Å². The average molecular weight is 240 g/mol. The van der Waals surface area contributed by atoms with E-state index in [1.807, 2.05) is 12.1 Å². The third-order valence-electron chi connectivity index (χ3n) is 2.41. The van der Waals surface area contributed by atoms with Crippen molar-refractivity contribution < 1.29 is 14.6 Å². The molecule has 0 bridgehead atoms. The number of nitrogen functional groups attached to an aromatic ring is 1. The van der Waals surface area contributed by atoms with Crippen molar-refractivity contribution in [1.82, 2.24) is 0 Å². The minimum absolute atomic E-state index is 0.347. The van der Waals surface area contributed by atoms with Gasteiger partial charge in [-0.1, -0.05) is 0 Å². The van der Waals surface area contributed by atoms with Crippen molar-refractivity contribution in [2.75, 3.05) is 38.4 Å². The summed E-state index contributed by atoms with van der Waals surface area (Å²) in [6, 6.07) is 5.45. The van der Waals surface area contributed by atoms with Gasteiger partial charge in [0.15, 0.2) is 0 Å². The lowest BCUT2D eigenvalue weighted by molar-refractivity contribution is 0.0615. The second-order valence-electron chi connectivity index (χ2n) is 3.78. The molecule has 17 heavy (non-hydrogen) atoms. The molecule has 5 heteroatoms. The van der Waals surface area contributed by atoms with Gasteiger partial charge in [0.05, 0.1) is 31.2 Å². The molecule has 0 aliphatic heterocycles. The Hall–Kier alpha value is -1.46. The minimum atomic E-state index is -0.452. The van der Waals surface area contributed by atoms with Gasteiger partial charge in [-0.15, -0.1) is 0 Å². The molecule has 0 amide bonds. The molecular formula is C12H20N2O3. The van der Waals surface area contributed by atoms with Gasteiger partial charge in [0.2, 0.25) is 0 Å². The molecule has 0 aliphatic carbocycles. The summed E-state index contributed by atoms with van der Waals surface area (Å²) in [5, 5.41) is 12.6. The van der Waals surface area contributed by atoms with Crippen LogP contribution in [0.1, 0.15) is 6.42 Å². The van der Waals surface area contributed by atoms with Gasteiger partial charge in [0.1, 0.15) is 5.75 Å². The predicted molar refractivity (Wildman–Crippen MR) is 68.4 cm³/mol. The van der Waals surface area contributed by atoms with E-state index in [0.717, 1.165) is 11.4 Å². The van der Waals surface area contributed by atoms with E-state index in [9.17, 15) is 5.11 Å². The molecule has 0 spiro atoms. The molecule has 1 aromatic rings. The fourth-order valence-electron chi connectivity index (χ4n) is 1.48. The standard InChI is InChI=1S/C12H20N2O3/c1-16-8-9(15)5-6-14-12-4-3-10(17-2)7-11(12)13/h3-4,7,9,14-15H,5-6,8,13H2,1-2H3. The largest absolute Gasteiger partial charge is 0.497 e. The van der Waals surface area contributed by atoms with Crippen molar-refractivity contribution in [2.45, 2.75) is 12.5 Å². The molecule has 0 saturated carbocycles. The molecule has 0 aromatic heterocycles. The fraction of sp³-hybridized carbons (Fsp3) is 0.500. The van der Waals surface area contributed by atoms with Gasteiger partial charge in [-0.2, -0.15) is 0 Å². The van der Waals surface area contributed by atoms with Gasteiger partial charge in [0.25, 0.3) is 0 Å². The Kier molecular flexibility index (Phi) is 5.59. The van der Waals surface area contributed by atoms with Crippen LogP contribution in [0.2, 0.25) is 0 Å². The van der Waals surface area contributed by atoms with Crippen molar-refractivity contribution in [2.24, 2.45) is 0 Å². The number of hydrogen-bond acceptors (Lipinski definition) is 5. The molecule has 1 atom stereocenters. The Labute approximate surface area is 102 Å². The van der Waals surface area contributed by atoms with Crippen molar-refractivity contribution >= 4 is 11.4 Å². The Bertz CT molecular complexity index is 345. The van der Waals surface area contributed by atoms with Crippen molar-refractivity contribution in [3.63, 3.8) is 0 Å². The molecule has 0 saturated heterocycles. The number of aliphatic hydroxyl groups is 1. The summed E-state index contributed by atoms with van der Waals surface area (Å²) < 4.78 is 9.90. The summed E-state index contributed by atoms with van der Waals surface area (Å²) in [5.41, 5.74) is 7.32. The smallest absolute Gasteiger partial charge is 0.121 e. The van der Waals surface area contributed by atoms with E-state index in [1.165, 1.54) is 0 Å². The average Bonchev–Trinajstić information content (AvgIpc) is 2.31.